The Hall–Kier alpha value is -0.300. The molecule has 0 bridgehead atoms. The van der Waals surface area contributed by atoms with Crippen LogP contribution >= 0.6 is 11.8 Å². The van der Waals surface area contributed by atoms with Crippen molar-refractivity contribution in [3.63, 3.8) is 0 Å². The zero-order valence-electron chi connectivity index (χ0n) is 12.4. The Bertz CT molecular complexity index is 290. The Balaban J connectivity index is 2.32. The first-order chi connectivity index (χ1) is 9.54. The molecule has 6 heteroatoms. The summed E-state index contributed by atoms with van der Waals surface area (Å²) >= 11 is 1.55. The third kappa shape index (κ3) is 6.43. The van der Waals surface area contributed by atoms with Crippen molar-refractivity contribution in [2.75, 3.05) is 12.3 Å². The molecule has 1 heterocycles. The van der Waals surface area contributed by atoms with Gasteiger partial charge in [-0.2, -0.15) is 0 Å². The first kappa shape index (κ1) is 17.8. The van der Waals surface area contributed by atoms with E-state index in [9.17, 15) is 15.0 Å². The van der Waals surface area contributed by atoms with Gasteiger partial charge in [-0.25, -0.2) is 0 Å². The molecule has 118 valence electrons. The fourth-order valence-electron chi connectivity index (χ4n) is 2.17. The largest absolute Gasteiger partial charge is 0.390 e. The van der Waals surface area contributed by atoms with Crippen LogP contribution in [0.1, 0.15) is 46.0 Å². The molecule has 0 aromatic carbocycles. The Labute approximate surface area is 125 Å². The van der Waals surface area contributed by atoms with Crippen LogP contribution in [-0.4, -0.2) is 52.2 Å². The molecule has 1 rings (SSSR count). The number of nitrogens with one attached hydrogen (secondary N) is 1. The minimum Gasteiger partial charge on any atom is -0.390 e. The highest BCUT2D eigenvalue weighted by molar-refractivity contribution is 7.99. The van der Waals surface area contributed by atoms with Crippen LogP contribution in [0.4, 0.5) is 0 Å². The van der Waals surface area contributed by atoms with Gasteiger partial charge in [0.25, 0.3) is 0 Å². The first-order valence-corrected chi connectivity index (χ1v) is 8.47. The quantitative estimate of drug-likeness (QED) is 0.589. The van der Waals surface area contributed by atoms with Crippen molar-refractivity contribution in [3.05, 3.63) is 0 Å². The van der Waals surface area contributed by atoms with Gasteiger partial charge in [-0.1, -0.05) is 26.2 Å². The molecule has 1 saturated heterocycles. The van der Waals surface area contributed by atoms with Crippen LogP contribution in [0.15, 0.2) is 0 Å². The molecule has 3 N–H and O–H groups in total. The maximum Gasteiger partial charge on any atom is 0.216 e. The van der Waals surface area contributed by atoms with Crippen molar-refractivity contribution in [2.24, 2.45) is 0 Å². The summed E-state index contributed by atoms with van der Waals surface area (Å²) in [5.41, 5.74) is -0.404. The highest BCUT2D eigenvalue weighted by atomic mass is 32.2. The fourth-order valence-corrected chi connectivity index (χ4v) is 3.39. The van der Waals surface area contributed by atoms with Crippen LogP contribution in [0.25, 0.3) is 0 Å². The van der Waals surface area contributed by atoms with Crippen molar-refractivity contribution >= 4 is 17.7 Å². The van der Waals surface area contributed by atoms with Crippen LogP contribution in [0.3, 0.4) is 0 Å². The lowest BCUT2D eigenvalue weighted by Crippen LogP contribution is -2.49. The number of thioether (sulfide) groups is 1. The Morgan fingerprint density at radius 3 is 2.75 bits per heavy atom. The molecule has 0 spiro atoms. The summed E-state index contributed by atoms with van der Waals surface area (Å²) in [6.07, 6.45) is 3.20. The van der Waals surface area contributed by atoms with Crippen molar-refractivity contribution < 1.29 is 19.7 Å². The van der Waals surface area contributed by atoms with Gasteiger partial charge in [0.05, 0.1) is 12.2 Å². The maximum atomic E-state index is 10.9. The van der Waals surface area contributed by atoms with E-state index < -0.39 is 17.6 Å². The predicted octanol–water partition coefficient (Wildman–Crippen LogP) is 1.27. The highest BCUT2D eigenvalue weighted by Gasteiger charge is 2.36. The maximum absolute atomic E-state index is 10.9. The molecule has 1 amide bonds. The van der Waals surface area contributed by atoms with E-state index in [0.29, 0.717) is 13.0 Å². The summed E-state index contributed by atoms with van der Waals surface area (Å²) in [5.74, 6) is 0.805. The average molecular weight is 305 g/mol. The molecular weight excluding hydrogens is 278 g/mol. The summed E-state index contributed by atoms with van der Waals surface area (Å²) in [4.78, 5) is 10.9. The molecule has 0 aromatic heterocycles. The average Bonchev–Trinajstić information content (AvgIpc) is 2.41. The normalized spacial score (nSPS) is 30.2. The van der Waals surface area contributed by atoms with E-state index in [0.717, 1.165) is 12.2 Å². The predicted molar refractivity (Wildman–Crippen MR) is 80.6 cm³/mol. The molecular formula is C14H27NO4S. The van der Waals surface area contributed by atoms with E-state index in [-0.39, 0.29) is 12.0 Å². The topological polar surface area (TPSA) is 78.8 Å². The number of aliphatic hydroxyl groups is 2. The number of hydrogen-bond donors (Lipinski definition) is 3. The van der Waals surface area contributed by atoms with Gasteiger partial charge in [0.1, 0.15) is 11.5 Å². The second kappa shape index (κ2) is 9.60. The van der Waals surface area contributed by atoms with E-state index >= 15 is 0 Å². The Morgan fingerprint density at radius 1 is 1.35 bits per heavy atom. The van der Waals surface area contributed by atoms with Crippen LogP contribution in [-0.2, 0) is 9.53 Å². The SMILES string of the molecule is CCCCCCSC1OC(CNC(C)=O)CC(O)C1O. The summed E-state index contributed by atoms with van der Waals surface area (Å²) in [7, 11) is 0. The molecule has 0 aromatic rings. The van der Waals surface area contributed by atoms with E-state index in [4.69, 9.17) is 4.74 Å². The molecule has 5 nitrogen and oxygen atoms in total. The molecule has 4 unspecified atom stereocenters. The molecule has 4 atom stereocenters. The van der Waals surface area contributed by atoms with Gasteiger partial charge in [0.2, 0.25) is 5.91 Å². The van der Waals surface area contributed by atoms with Gasteiger partial charge in [-0.15, -0.1) is 11.8 Å². The molecule has 0 saturated carbocycles. The fraction of sp³-hybridized carbons (Fsp3) is 0.929. The molecule has 0 aliphatic carbocycles. The zero-order chi connectivity index (χ0) is 15.0. The number of unbranched alkanes of at least 4 members (excludes halogenated alkanes) is 3. The number of hydrogen-bond acceptors (Lipinski definition) is 5. The third-order valence-corrected chi connectivity index (χ3v) is 4.61. The van der Waals surface area contributed by atoms with Crippen molar-refractivity contribution in [1.29, 1.82) is 0 Å². The summed E-state index contributed by atoms with van der Waals surface area (Å²) in [6.45, 7) is 4.00. The number of carbonyl (C=O) groups is 1. The van der Waals surface area contributed by atoms with Gasteiger partial charge in [0, 0.05) is 19.9 Å². The van der Waals surface area contributed by atoms with Crippen LogP contribution in [0, 0.1) is 0 Å². The number of carbonyl (C=O) groups excluding carboxylic acids is 1. The lowest BCUT2D eigenvalue weighted by Gasteiger charge is -2.36. The van der Waals surface area contributed by atoms with E-state index in [2.05, 4.69) is 12.2 Å². The van der Waals surface area contributed by atoms with Gasteiger partial charge < -0.3 is 20.3 Å². The van der Waals surface area contributed by atoms with Gasteiger partial charge in [-0.05, 0) is 12.2 Å². The minimum absolute atomic E-state index is 0.113. The number of ether oxygens (including phenoxy) is 1. The number of amides is 1. The molecule has 1 aliphatic heterocycles. The minimum atomic E-state index is -0.847. The monoisotopic (exact) mass is 305 g/mol. The number of aliphatic hydroxyl groups excluding tert-OH is 2. The van der Waals surface area contributed by atoms with Crippen molar-refractivity contribution in [2.45, 2.75) is 69.7 Å². The van der Waals surface area contributed by atoms with Crippen molar-refractivity contribution in [1.82, 2.24) is 5.32 Å². The van der Waals surface area contributed by atoms with Crippen molar-refractivity contribution in [3.8, 4) is 0 Å². The molecule has 20 heavy (non-hydrogen) atoms. The number of rotatable bonds is 8. The smallest absolute Gasteiger partial charge is 0.216 e. The van der Waals surface area contributed by atoms with Crippen LogP contribution in [0.2, 0.25) is 0 Å². The van der Waals surface area contributed by atoms with Gasteiger partial charge in [0.15, 0.2) is 0 Å². The lowest BCUT2D eigenvalue weighted by molar-refractivity contribution is -0.137. The Morgan fingerprint density at radius 2 is 2.10 bits per heavy atom. The van der Waals surface area contributed by atoms with E-state index in [1.54, 1.807) is 11.8 Å². The standard InChI is InChI=1S/C14H27NO4S/c1-3-4-5-6-7-20-14-13(18)12(17)8-11(19-14)9-15-10(2)16/h11-14,17-18H,3-9H2,1-2H3,(H,15,16). The van der Waals surface area contributed by atoms with Gasteiger partial charge in [-0.3, -0.25) is 4.79 Å². The van der Waals surface area contributed by atoms with E-state index in [1.165, 1.54) is 26.2 Å². The zero-order valence-corrected chi connectivity index (χ0v) is 13.2. The van der Waals surface area contributed by atoms with E-state index in [1.807, 2.05) is 0 Å². The summed E-state index contributed by atoms with van der Waals surface area (Å²) < 4.78 is 5.76. The third-order valence-electron chi connectivity index (χ3n) is 3.36. The summed E-state index contributed by atoms with van der Waals surface area (Å²) in [5, 5.41) is 22.5. The molecule has 1 aliphatic rings. The second-order valence-corrected chi connectivity index (χ2v) is 6.49. The first-order valence-electron chi connectivity index (χ1n) is 7.42. The van der Waals surface area contributed by atoms with Crippen LogP contribution < -0.4 is 5.32 Å². The lowest BCUT2D eigenvalue weighted by atomic mass is 10.0. The Kier molecular flexibility index (Phi) is 8.52. The van der Waals surface area contributed by atoms with Gasteiger partial charge >= 0.3 is 0 Å². The molecule has 1 fully saturated rings. The second-order valence-electron chi connectivity index (χ2n) is 5.29. The van der Waals surface area contributed by atoms with Crippen LogP contribution in [0.5, 0.6) is 0 Å². The molecule has 0 radical (unpaired) electrons. The highest BCUT2D eigenvalue weighted by Crippen LogP contribution is 2.28. The summed E-state index contributed by atoms with van der Waals surface area (Å²) in [6, 6.07) is 0.